The van der Waals surface area contributed by atoms with E-state index in [0.717, 1.165) is 15.8 Å². The van der Waals surface area contributed by atoms with Gasteiger partial charge in [-0.2, -0.15) is 0 Å². The van der Waals surface area contributed by atoms with Gasteiger partial charge in [-0.3, -0.25) is 14.4 Å². The molecule has 2 fully saturated rings. The van der Waals surface area contributed by atoms with Crippen LogP contribution in [0.2, 0.25) is 0 Å². The number of hydrogen-bond acceptors (Lipinski definition) is 6. The van der Waals surface area contributed by atoms with Gasteiger partial charge < -0.3 is 24.8 Å². The lowest BCUT2D eigenvalue weighted by molar-refractivity contribution is -0.119. The van der Waals surface area contributed by atoms with Crippen molar-refractivity contribution in [3.05, 3.63) is 45.2 Å². The van der Waals surface area contributed by atoms with Crippen LogP contribution >= 0.6 is 27.3 Å². The van der Waals surface area contributed by atoms with Gasteiger partial charge >= 0.3 is 6.09 Å². The van der Waals surface area contributed by atoms with Crippen molar-refractivity contribution in [2.45, 2.75) is 19.4 Å². The molecule has 1 aromatic heterocycles. The first kappa shape index (κ1) is 23.2. The average molecular weight is 535 g/mol. The van der Waals surface area contributed by atoms with Crippen molar-refractivity contribution < 1.29 is 23.9 Å². The molecule has 1 N–H and O–H groups in total. The first-order valence-corrected chi connectivity index (χ1v) is 12.1. The van der Waals surface area contributed by atoms with Gasteiger partial charge in [0.1, 0.15) is 0 Å². The molecule has 0 saturated carbocycles. The Morgan fingerprint density at radius 2 is 1.94 bits per heavy atom. The number of rotatable bonds is 5. The number of amides is 4. The molecule has 0 spiro atoms. The normalized spacial score (nSPS) is 18.4. The van der Waals surface area contributed by atoms with Crippen molar-refractivity contribution in [3.63, 3.8) is 0 Å². The van der Waals surface area contributed by atoms with E-state index in [1.807, 2.05) is 13.0 Å². The smallest absolute Gasteiger partial charge is 0.399 e. The van der Waals surface area contributed by atoms with Crippen molar-refractivity contribution in [2.75, 3.05) is 37.6 Å². The molecule has 0 bridgehead atoms. The Hall–Kier alpha value is -2.92. The molecular formula is C22H23BrN4O5S. The Labute approximate surface area is 203 Å². The number of anilines is 1. The third-order valence-corrected chi connectivity index (χ3v) is 7.19. The molecule has 9 nitrogen and oxygen atoms in total. The molecule has 4 amide bonds. The van der Waals surface area contributed by atoms with Crippen LogP contribution in [-0.2, 0) is 9.59 Å². The van der Waals surface area contributed by atoms with Crippen LogP contribution in [0.5, 0.6) is 5.06 Å². The number of nitrogens with zero attached hydrogens (tertiary/aromatic N) is 3. The van der Waals surface area contributed by atoms with Gasteiger partial charge in [-0.25, -0.2) is 4.79 Å². The number of benzene rings is 1. The van der Waals surface area contributed by atoms with E-state index in [1.54, 1.807) is 39.0 Å². The van der Waals surface area contributed by atoms with Crippen molar-refractivity contribution in [3.8, 4) is 5.06 Å². The van der Waals surface area contributed by atoms with Gasteiger partial charge in [0, 0.05) is 50.4 Å². The maximum absolute atomic E-state index is 12.9. The SMILES string of the molecule is Cc1cc(N2CC(NC(=O)Oc3ccc(Br)s3)CC2=O)ccc1C(=O)N1CCN(C=O)CC1. The summed E-state index contributed by atoms with van der Waals surface area (Å²) in [5, 5.41) is 3.20. The first-order chi connectivity index (χ1) is 15.8. The number of ether oxygens (including phenoxy) is 1. The molecular weight excluding hydrogens is 512 g/mol. The highest BCUT2D eigenvalue weighted by Gasteiger charge is 2.32. The number of carbonyl (C=O) groups is 4. The topological polar surface area (TPSA) is 99.3 Å². The van der Waals surface area contributed by atoms with Gasteiger partial charge in [0.15, 0.2) is 5.06 Å². The number of thiophene rings is 1. The minimum absolute atomic E-state index is 0.0835. The lowest BCUT2D eigenvalue weighted by Gasteiger charge is -2.33. The lowest BCUT2D eigenvalue weighted by Crippen LogP contribution is -2.48. The van der Waals surface area contributed by atoms with E-state index in [0.29, 0.717) is 49.0 Å². The van der Waals surface area contributed by atoms with Crippen molar-refractivity contribution >= 4 is 57.3 Å². The van der Waals surface area contributed by atoms with E-state index in [4.69, 9.17) is 4.74 Å². The second-order valence-corrected chi connectivity index (χ2v) is 10.4. The summed E-state index contributed by atoms with van der Waals surface area (Å²) in [4.78, 5) is 53.5. The summed E-state index contributed by atoms with van der Waals surface area (Å²) in [6.45, 7) is 4.20. The van der Waals surface area contributed by atoms with Crippen LogP contribution < -0.4 is 15.0 Å². The fourth-order valence-electron chi connectivity index (χ4n) is 3.95. The molecule has 4 rings (SSSR count). The fourth-order valence-corrected chi connectivity index (χ4v) is 5.14. The van der Waals surface area contributed by atoms with Gasteiger partial charge in [0.05, 0.1) is 9.83 Å². The quantitative estimate of drug-likeness (QED) is 0.594. The van der Waals surface area contributed by atoms with E-state index in [-0.39, 0.29) is 24.3 Å². The van der Waals surface area contributed by atoms with E-state index in [1.165, 1.54) is 11.3 Å². The Bertz CT molecular complexity index is 1080. The maximum atomic E-state index is 12.9. The highest BCUT2D eigenvalue weighted by Crippen LogP contribution is 2.29. The van der Waals surface area contributed by atoms with Crippen molar-refractivity contribution in [2.24, 2.45) is 0 Å². The van der Waals surface area contributed by atoms with E-state index in [2.05, 4.69) is 21.2 Å². The lowest BCUT2D eigenvalue weighted by atomic mass is 10.1. The van der Waals surface area contributed by atoms with E-state index in [9.17, 15) is 19.2 Å². The highest BCUT2D eigenvalue weighted by molar-refractivity contribution is 9.11. The fraction of sp³-hybridized carbons (Fsp3) is 0.364. The third kappa shape index (κ3) is 5.36. The second kappa shape index (κ2) is 9.92. The van der Waals surface area contributed by atoms with Crippen LogP contribution in [0.1, 0.15) is 22.3 Å². The third-order valence-electron chi connectivity index (χ3n) is 5.69. The average Bonchev–Trinajstić information content (AvgIpc) is 3.37. The number of carbonyl (C=O) groups excluding carboxylic acids is 4. The summed E-state index contributed by atoms with van der Waals surface area (Å²) in [7, 11) is 0. The number of aryl methyl sites for hydroxylation is 1. The molecule has 3 heterocycles. The maximum Gasteiger partial charge on any atom is 0.413 e. The van der Waals surface area contributed by atoms with Crippen molar-refractivity contribution in [1.29, 1.82) is 0 Å². The van der Waals surface area contributed by atoms with Gasteiger partial charge in [-0.1, -0.05) is 11.3 Å². The summed E-state index contributed by atoms with van der Waals surface area (Å²) in [6, 6.07) is 8.41. The minimum atomic E-state index is -0.601. The molecule has 1 unspecified atom stereocenters. The van der Waals surface area contributed by atoms with E-state index >= 15 is 0 Å². The number of piperazine rings is 1. The van der Waals surface area contributed by atoms with Crippen LogP contribution in [0.3, 0.4) is 0 Å². The molecule has 2 saturated heterocycles. The number of nitrogens with one attached hydrogen (secondary N) is 1. The van der Waals surface area contributed by atoms with Gasteiger partial charge in [-0.15, -0.1) is 0 Å². The standard InChI is InChI=1S/C22H23BrN4O5S/c1-14-10-16(2-3-17(14)21(30)26-8-6-25(13-28)7-9-26)27-12-15(11-19(27)29)24-22(31)32-20-5-4-18(23)33-20/h2-5,10,13,15H,6-9,11-12H2,1H3,(H,24,31). The van der Waals surface area contributed by atoms with Crippen LogP contribution in [0.25, 0.3) is 0 Å². The predicted molar refractivity (Wildman–Crippen MR) is 127 cm³/mol. The van der Waals surface area contributed by atoms with Gasteiger partial charge in [-0.05, 0) is 58.7 Å². The first-order valence-electron chi connectivity index (χ1n) is 10.5. The van der Waals surface area contributed by atoms with E-state index < -0.39 is 6.09 Å². The number of halogens is 1. The molecule has 2 aromatic rings. The predicted octanol–water partition coefficient (Wildman–Crippen LogP) is 2.63. The summed E-state index contributed by atoms with van der Waals surface area (Å²) in [5.74, 6) is -0.192. The highest BCUT2D eigenvalue weighted by atomic mass is 79.9. The minimum Gasteiger partial charge on any atom is -0.399 e. The zero-order valence-corrected chi connectivity index (χ0v) is 20.4. The summed E-state index contributed by atoms with van der Waals surface area (Å²) < 4.78 is 6.10. The zero-order chi connectivity index (χ0) is 23.5. The largest absolute Gasteiger partial charge is 0.413 e. The Morgan fingerprint density at radius 1 is 1.18 bits per heavy atom. The second-order valence-electron chi connectivity index (χ2n) is 7.93. The Kier molecular flexibility index (Phi) is 6.99. The van der Waals surface area contributed by atoms with Crippen LogP contribution in [0.15, 0.2) is 34.1 Å². The van der Waals surface area contributed by atoms with Gasteiger partial charge in [0.2, 0.25) is 12.3 Å². The molecule has 1 atom stereocenters. The monoisotopic (exact) mass is 534 g/mol. The van der Waals surface area contributed by atoms with Crippen LogP contribution in [0, 0.1) is 6.92 Å². The van der Waals surface area contributed by atoms with Crippen LogP contribution in [0.4, 0.5) is 10.5 Å². The zero-order valence-electron chi connectivity index (χ0n) is 18.0. The summed E-state index contributed by atoms with van der Waals surface area (Å²) >= 11 is 4.61. The molecule has 11 heteroatoms. The van der Waals surface area contributed by atoms with Crippen molar-refractivity contribution in [1.82, 2.24) is 15.1 Å². The summed E-state index contributed by atoms with van der Waals surface area (Å²) in [6.07, 6.45) is 0.373. The molecule has 2 aliphatic rings. The Morgan fingerprint density at radius 3 is 2.58 bits per heavy atom. The molecule has 33 heavy (non-hydrogen) atoms. The molecule has 2 aliphatic heterocycles. The van der Waals surface area contributed by atoms with Crippen LogP contribution in [-0.4, -0.2) is 72.9 Å². The molecule has 0 radical (unpaired) electrons. The Balaban J connectivity index is 1.37. The molecule has 0 aliphatic carbocycles. The number of hydrogen-bond donors (Lipinski definition) is 1. The summed E-state index contributed by atoms with van der Waals surface area (Å²) in [5.41, 5.74) is 2.02. The molecule has 174 valence electrons. The van der Waals surface area contributed by atoms with Gasteiger partial charge in [0.25, 0.3) is 5.91 Å². The molecule has 1 aromatic carbocycles.